The molecule has 0 aliphatic carbocycles. The van der Waals surface area contributed by atoms with Crippen LogP contribution in [-0.4, -0.2) is 17.6 Å². The second-order valence-corrected chi connectivity index (χ2v) is 6.86. The second kappa shape index (κ2) is 8.00. The van der Waals surface area contributed by atoms with Crippen molar-refractivity contribution < 1.29 is 18.7 Å². The van der Waals surface area contributed by atoms with Gasteiger partial charge in [-0.3, -0.25) is 9.36 Å². The molecule has 150 valence electrons. The number of methoxy groups -OCH3 is 1. The molecular weight excluding hydrogens is 409 g/mol. The van der Waals surface area contributed by atoms with Crippen molar-refractivity contribution in [1.29, 1.82) is 0 Å². The van der Waals surface area contributed by atoms with E-state index in [9.17, 15) is 14.0 Å². The minimum absolute atomic E-state index is 0.173. The lowest BCUT2D eigenvalue weighted by Gasteiger charge is -2.13. The average Bonchev–Trinajstić information content (AvgIpc) is 2.76. The van der Waals surface area contributed by atoms with Crippen molar-refractivity contribution in [3.63, 3.8) is 0 Å². The Morgan fingerprint density at radius 2 is 1.67 bits per heavy atom. The number of halogens is 2. The summed E-state index contributed by atoms with van der Waals surface area (Å²) in [6.45, 7) is 0. The summed E-state index contributed by atoms with van der Waals surface area (Å²) in [5.74, 6) is -0.618. The van der Waals surface area contributed by atoms with Gasteiger partial charge in [-0.15, -0.1) is 0 Å². The molecule has 0 saturated carbocycles. The molecule has 0 saturated heterocycles. The molecule has 4 rings (SSSR count). The van der Waals surface area contributed by atoms with Crippen molar-refractivity contribution in [3.8, 4) is 17.2 Å². The van der Waals surface area contributed by atoms with Gasteiger partial charge >= 0.3 is 5.97 Å². The molecule has 0 N–H and O–H groups in total. The molecular formula is C23H15ClFNO4. The first kappa shape index (κ1) is 19.7. The highest BCUT2D eigenvalue weighted by Crippen LogP contribution is 2.31. The molecule has 0 unspecified atom stereocenters. The summed E-state index contributed by atoms with van der Waals surface area (Å²) in [6, 6.07) is 16.8. The van der Waals surface area contributed by atoms with Gasteiger partial charge in [-0.1, -0.05) is 29.8 Å². The fourth-order valence-corrected chi connectivity index (χ4v) is 3.29. The van der Waals surface area contributed by atoms with Gasteiger partial charge in [-0.05, 0) is 42.5 Å². The average molecular weight is 424 g/mol. The Balaban J connectivity index is 1.86. The number of carbonyl (C=O) groups excluding carboxylic acids is 1. The first-order valence-electron chi connectivity index (χ1n) is 8.94. The van der Waals surface area contributed by atoms with Crippen LogP contribution in [0.3, 0.4) is 0 Å². The number of benzene rings is 3. The highest BCUT2D eigenvalue weighted by molar-refractivity contribution is 6.30. The van der Waals surface area contributed by atoms with Gasteiger partial charge in [-0.25, -0.2) is 9.18 Å². The van der Waals surface area contributed by atoms with E-state index in [1.165, 1.54) is 54.3 Å². The molecule has 0 bridgehead atoms. The van der Waals surface area contributed by atoms with E-state index in [4.69, 9.17) is 21.1 Å². The van der Waals surface area contributed by atoms with Crippen LogP contribution in [0.15, 0.2) is 77.7 Å². The highest BCUT2D eigenvalue weighted by atomic mass is 35.5. The lowest BCUT2D eigenvalue weighted by atomic mass is 10.1. The molecule has 0 amide bonds. The first-order chi connectivity index (χ1) is 14.5. The minimum Gasteiger partial charge on any atom is -0.493 e. The molecule has 0 aliphatic heterocycles. The molecule has 7 heteroatoms. The van der Waals surface area contributed by atoms with E-state index >= 15 is 0 Å². The molecule has 1 aromatic heterocycles. The van der Waals surface area contributed by atoms with Crippen molar-refractivity contribution in [2.24, 2.45) is 0 Å². The summed E-state index contributed by atoms with van der Waals surface area (Å²) in [5, 5.41) is 1.21. The van der Waals surface area contributed by atoms with E-state index in [0.29, 0.717) is 27.2 Å². The molecule has 4 aromatic rings. The SMILES string of the molecule is COc1cc(Cl)ccc1OC(=O)c1cn(-c2ccc(F)cc2)c(=O)c2ccccc12. The molecule has 30 heavy (non-hydrogen) atoms. The zero-order chi connectivity index (χ0) is 21.3. The van der Waals surface area contributed by atoms with Gasteiger partial charge in [0.2, 0.25) is 0 Å². The van der Waals surface area contributed by atoms with Crippen LogP contribution in [0.25, 0.3) is 16.5 Å². The molecule has 0 fully saturated rings. The maximum Gasteiger partial charge on any atom is 0.345 e. The van der Waals surface area contributed by atoms with Crippen LogP contribution in [-0.2, 0) is 0 Å². The van der Waals surface area contributed by atoms with E-state index in [1.807, 2.05) is 0 Å². The van der Waals surface area contributed by atoms with Crippen LogP contribution in [0.1, 0.15) is 10.4 Å². The number of esters is 1. The van der Waals surface area contributed by atoms with Crippen LogP contribution in [0.5, 0.6) is 11.5 Å². The van der Waals surface area contributed by atoms with Crippen molar-refractivity contribution in [2.75, 3.05) is 7.11 Å². The molecule has 0 radical (unpaired) electrons. The van der Waals surface area contributed by atoms with Crippen molar-refractivity contribution in [2.45, 2.75) is 0 Å². The maximum absolute atomic E-state index is 13.3. The van der Waals surface area contributed by atoms with E-state index in [0.717, 1.165) is 0 Å². The Hall–Kier alpha value is -3.64. The third kappa shape index (κ3) is 3.65. The molecule has 5 nitrogen and oxygen atoms in total. The van der Waals surface area contributed by atoms with Crippen LogP contribution in [0.2, 0.25) is 5.02 Å². The lowest BCUT2D eigenvalue weighted by molar-refractivity contribution is 0.0731. The van der Waals surface area contributed by atoms with Crippen molar-refractivity contribution in [1.82, 2.24) is 4.57 Å². The van der Waals surface area contributed by atoms with Gasteiger partial charge < -0.3 is 9.47 Å². The lowest BCUT2D eigenvalue weighted by Crippen LogP contribution is -2.22. The maximum atomic E-state index is 13.3. The molecule has 0 atom stereocenters. The number of carbonyl (C=O) groups is 1. The number of pyridine rings is 1. The first-order valence-corrected chi connectivity index (χ1v) is 9.32. The third-order valence-electron chi connectivity index (χ3n) is 4.58. The Kier molecular flexibility index (Phi) is 5.25. The Morgan fingerprint density at radius 3 is 2.37 bits per heavy atom. The number of nitrogens with zero attached hydrogens (tertiary/aromatic N) is 1. The molecule has 0 spiro atoms. The molecule has 1 heterocycles. The minimum atomic E-state index is -0.678. The summed E-state index contributed by atoms with van der Waals surface area (Å²) in [4.78, 5) is 26.0. The highest BCUT2D eigenvalue weighted by Gasteiger charge is 2.19. The Labute approximate surface area is 175 Å². The van der Waals surface area contributed by atoms with Gasteiger partial charge in [0.05, 0.1) is 12.7 Å². The van der Waals surface area contributed by atoms with Gasteiger partial charge in [0.1, 0.15) is 5.82 Å². The summed E-state index contributed by atoms with van der Waals surface area (Å²) < 4.78 is 25.4. The van der Waals surface area contributed by atoms with E-state index in [1.54, 1.807) is 30.3 Å². The van der Waals surface area contributed by atoms with Crippen LogP contribution in [0, 0.1) is 5.82 Å². The Bertz CT molecular complexity index is 1320. The van der Waals surface area contributed by atoms with Crippen molar-refractivity contribution in [3.05, 3.63) is 99.7 Å². The van der Waals surface area contributed by atoms with E-state index in [2.05, 4.69) is 0 Å². The number of ether oxygens (including phenoxy) is 2. The Morgan fingerprint density at radius 1 is 0.967 bits per heavy atom. The topological polar surface area (TPSA) is 57.5 Å². The largest absolute Gasteiger partial charge is 0.493 e. The number of hydrogen-bond acceptors (Lipinski definition) is 4. The van der Waals surface area contributed by atoms with Gasteiger partial charge in [-0.2, -0.15) is 0 Å². The summed E-state index contributed by atoms with van der Waals surface area (Å²) in [5.41, 5.74) is 0.259. The predicted octanol–water partition coefficient (Wildman–Crippen LogP) is 5.01. The fourth-order valence-electron chi connectivity index (χ4n) is 3.13. The smallest absolute Gasteiger partial charge is 0.345 e. The second-order valence-electron chi connectivity index (χ2n) is 6.42. The zero-order valence-electron chi connectivity index (χ0n) is 15.8. The van der Waals surface area contributed by atoms with E-state index < -0.39 is 11.8 Å². The normalized spacial score (nSPS) is 10.8. The summed E-state index contributed by atoms with van der Waals surface area (Å²) in [7, 11) is 1.44. The summed E-state index contributed by atoms with van der Waals surface area (Å²) >= 11 is 5.96. The quantitative estimate of drug-likeness (QED) is 0.342. The van der Waals surface area contributed by atoms with Gasteiger partial charge in [0, 0.05) is 33.7 Å². The van der Waals surface area contributed by atoms with Crippen LogP contribution < -0.4 is 15.0 Å². The van der Waals surface area contributed by atoms with Crippen molar-refractivity contribution >= 4 is 28.3 Å². The number of rotatable bonds is 4. The predicted molar refractivity (Wildman–Crippen MR) is 112 cm³/mol. The molecule has 3 aromatic carbocycles. The van der Waals surface area contributed by atoms with Gasteiger partial charge in [0.15, 0.2) is 11.5 Å². The number of fused-ring (bicyclic) bond motifs is 1. The fraction of sp³-hybridized carbons (Fsp3) is 0.0435. The molecule has 0 aliphatic rings. The van der Waals surface area contributed by atoms with Crippen LogP contribution >= 0.6 is 11.6 Å². The van der Waals surface area contributed by atoms with Crippen LogP contribution in [0.4, 0.5) is 4.39 Å². The van der Waals surface area contributed by atoms with Gasteiger partial charge in [0.25, 0.3) is 5.56 Å². The standard InChI is InChI=1S/C23H15ClFNO4/c1-29-21-12-14(24)6-11-20(21)30-23(28)19-13-26(16-9-7-15(25)8-10-16)22(27)18-5-3-2-4-17(18)19/h2-13H,1H3. The monoisotopic (exact) mass is 423 g/mol. The number of hydrogen-bond donors (Lipinski definition) is 0. The summed E-state index contributed by atoms with van der Waals surface area (Å²) in [6.07, 6.45) is 1.39. The zero-order valence-corrected chi connectivity index (χ0v) is 16.5. The third-order valence-corrected chi connectivity index (χ3v) is 4.81. The number of aromatic nitrogens is 1. The van der Waals surface area contributed by atoms with E-state index in [-0.39, 0.29) is 16.9 Å².